The Morgan fingerprint density at radius 2 is 1.71 bits per heavy atom. The summed E-state index contributed by atoms with van der Waals surface area (Å²) in [7, 11) is 0. The molecule has 2 rings (SSSR count). The van der Waals surface area contributed by atoms with Gasteiger partial charge in [0, 0.05) is 5.56 Å². The van der Waals surface area contributed by atoms with Crippen molar-refractivity contribution in [3.8, 4) is 11.5 Å². The molecule has 0 aliphatic carbocycles. The summed E-state index contributed by atoms with van der Waals surface area (Å²) in [6.07, 6.45) is 0.594. The molecule has 0 aliphatic heterocycles. The van der Waals surface area contributed by atoms with E-state index in [0.717, 1.165) is 6.07 Å². The molecule has 2 nitrogen and oxygen atoms in total. The van der Waals surface area contributed by atoms with Crippen LogP contribution in [0.1, 0.15) is 10.4 Å². The van der Waals surface area contributed by atoms with Gasteiger partial charge in [-0.25, -0.2) is 8.78 Å². The van der Waals surface area contributed by atoms with Crippen molar-refractivity contribution in [2.45, 2.75) is 0 Å². The Hall–Kier alpha value is -2.23. The molecule has 0 N–H and O–H groups in total. The number of hydrogen-bond donors (Lipinski definition) is 0. The first kappa shape index (κ1) is 11.3. The van der Waals surface area contributed by atoms with Crippen LogP contribution in [0.5, 0.6) is 11.5 Å². The van der Waals surface area contributed by atoms with Crippen molar-refractivity contribution in [1.82, 2.24) is 0 Å². The van der Waals surface area contributed by atoms with Crippen molar-refractivity contribution >= 4 is 6.29 Å². The maximum Gasteiger partial charge on any atom is 0.165 e. The number of ether oxygens (including phenoxy) is 1. The Balaban J connectivity index is 2.28. The molecular formula is C13H8F2O2. The Kier molecular flexibility index (Phi) is 3.14. The molecule has 86 valence electrons. The van der Waals surface area contributed by atoms with Gasteiger partial charge in [0.1, 0.15) is 17.9 Å². The molecule has 0 saturated heterocycles. The van der Waals surface area contributed by atoms with Crippen LogP contribution in [0.15, 0.2) is 42.5 Å². The van der Waals surface area contributed by atoms with E-state index in [1.807, 2.05) is 0 Å². The molecule has 17 heavy (non-hydrogen) atoms. The van der Waals surface area contributed by atoms with Gasteiger partial charge in [0.25, 0.3) is 0 Å². The van der Waals surface area contributed by atoms with Crippen LogP contribution in [0.3, 0.4) is 0 Å². The van der Waals surface area contributed by atoms with Gasteiger partial charge in [0.05, 0.1) is 0 Å². The van der Waals surface area contributed by atoms with Crippen LogP contribution < -0.4 is 4.74 Å². The molecule has 0 fully saturated rings. The molecule has 4 heteroatoms. The number of hydrogen-bond acceptors (Lipinski definition) is 2. The second-order valence-electron chi connectivity index (χ2n) is 3.36. The lowest BCUT2D eigenvalue weighted by Gasteiger charge is -2.06. The predicted molar refractivity (Wildman–Crippen MR) is 58.3 cm³/mol. The summed E-state index contributed by atoms with van der Waals surface area (Å²) in [5, 5.41) is 0. The first-order valence-electron chi connectivity index (χ1n) is 4.87. The lowest BCUT2D eigenvalue weighted by atomic mass is 10.2. The van der Waals surface area contributed by atoms with E-state index in [1.54, 1.807) is 0 Å². The molecule has 0 spiro atoms. The Morgan fingerprint density at radius 1 is 1.00 bits per heavy atom. The van der Waals surface area contributed by atoms with Crippen molar-refractivity contribution in [2.75, 3.05) is 0 Å². The molecule has 0 atom stereocenters. The number of benzene rings is 2. The molecule has 0 unspecified atom stereocenters. The molecular weight excluding hydrogens is 226 g/mol. The second-order valence-corrected chi connectivity index (χ2v) is 3.36. The number of rotatable bonds is 3. The fourth-order valence-electron chi connectivity index (χ4n) is 1.30. The summed E-state index contributed by atoms with van der Waals surface area (Å²) in [5.41, 5.74) is 0.309. The van der Waals surface area contributed by atoms with Crippen molar-refractivity contribution in [1.29, 1.82) is 0 Å². The standard InChI is InChI=1S/C13H8F2O2/c14-10-2-4-11(5-3-10)17-13-7-9(8-16)1-6-12(13)15/h1-8H. The molecule has 0 saturated carbocycles. The summed E-state index contributed by atoms with van der Waals surface area (Å²) in [4.78, 5) is 10.5. The van der Waals surface area contributed by atoms with Crippen molar-refractivity contribution in [3.63, 3.8) is 0 Å². The fourth-order valence-corrected chi connectivity index (χ4v) is 1.30. The number of aldehydes is 1. The highest BCUT2D eigenvalue weighted by Gasteiger charge is 2.06. The molecule has 0 bridgehead atoms. The molecule has 0 heterocycles. The molecule has 0 radical (unpaired) electrons. The summed E-state index contributed by atoms with van der Waals surface area (Å²) in [6, 6.07) is 8.94. The molecule has 2 aromatic carbocycles. The summed E-state index contributed by atoms with van der Waals surface area (Å²) >= 11 is 0. The first-order chi connectivity index (χ1) is 8.19. The van der Waals surface area contributed by atoms with Gasteiger partial charge in [-0.3, -0.25) is 4.79 Å². The van der Waals surface area contributed by atoms with Gasteiger partial charge in [-0.15, -0.1) is 0 Å². The average Bonchev–Trinajstić information content (AvgIpc) is 2.35. The molecule has 0 amide bonds. The second kappa shape index (κ2) is 4.74. The average molecular weight is 234 g/mol. The van der Waals surface area contributed by atoms with Gasteiger partial charge < -0.3 is 4.74 Å². The van der Waals surface area contributed by atoms with Gasteiger partial charge in [0.15, 0.2) is 11.6 Å². The highest BCUT2D eigenvalue weighted by molar-refractivity contribution is 5.75. The summed E-state index contributed by atoms with van der Waals surface area (Å²) in [5.74, 6) is -0.756. The highest BCUT2D eigenvalue weighted by atomic mass is 19.1. The summed E-state index contributed by atoms with van der Waals surface area (Å²) < 4.78 is 31.2. The number of carbonyl (C=O) groups excluding carboxylic acids is 1. The lowest BCUT2D eigenvalue weighted by molar-refractivity contribution is 0.112. The largest absolute Gasteiger partial charge is 0.454 e. The van der Waals surface area contributed by atoms with Crippen LogP contribution in [0, 0.1) is 11.6 Å². The third-order valence-electron chi connectivity index (χ3n) is 2.13. The molecule has 0 aromatic heterocycles. The van der Waals surface area contributed by atoms with E-state index in [4.69, 9.17) is 4.74 Å². The smallest absolute Gasteiger partial charge is 0.165 e. The highest BCUT2D eigenvalue weighted by Crippen LogP contribution is 2.25. The SMILES string of the molecule is O=Cc1ccc(F)c(Oc2ccc(F)cc2)c1. The van der Waals surface area contributed by atoms with Gasteiger partial charge in [-0.2, -0.15) is 0 Å². The van der Waals surface area contributed by atoms with Crippen molar-refractivity contribution in [3.05, 3.63) is 59.7 Å². The third kappa shape index (κ3) is 2.66. The fraction of sp³-hybridized carbons (Fsp3) is 0. The van der Waals surface area contributed by atoms with E-state index in [0.29, 0.717) is 17.6 Å². The minimum absolute atomic E-state index is 0.0683. The van der Waals surface area contributed by atoms with Gasteiger partial charge in [-0.1, -0.05) is 0 Å². The Morgan fingerprint density at radius 3 is 2.35 bits per heavy atom. The van der Waals surface area contributed by atoms with E-state index >= 15 is 0 Å². The van der Waals surface area contributed by atoms with E-state index in [2.05, 4.69) is 0 Å². The van der Waals surface area contributed by atoms with Crippen LogP contribution in [0.4, 0.5) is 8.78 Å². The minimum Gasteiger partial charge on any atom is -0.454 e. The Labute approximate surface area is 96.5 Å². The monoisotopic (exact) mass is 234 g/mol. The van der Waals surface area contributed by atoms with Crippen LogP contribution >= 0.6 is 0 Å². The van der Waals surface area contributed by atoms with E-state index in [1.165, 1.54) is 36.4 Å². The van der Waals surface area contributed by atoms with Crippen LogP contribution in [-0.4, -0.2) is 6.29 Å². The Bertz CT molecular complexity index is 536. The molecule has 2 aromatic rings. The van der Waals surface area contributed by atoms with Gasteiger partial charge in [-0.05, 0) is 42.5 Å². The predicted octanol–water partition coefficient (Wildman–Crippen LogP) is 3.57. The maximum atomic E-state index is 13.4. The summed E-state index contributed by atoms with van der Waals surface area (Å²) in [6.45, 7) is 0. The lowest BCUT2D eigenvalue weighted by Crippen LogP contribution is -1.90. The zero-order chi connectivity index (χ0) is 12.3. The van der Waals surface area contributed by atoms with Gasteiger partial charge >= 0.3 is 0 Å². The van der Waals surface area contributed by atoms with Crippen LogP contribution in [0.2, 0.25) is 0 Å². The van der Waals surface area contributed by atoms with E-state index < -0.39 is 11.6 Å². The van der Waals surface area contributed by atoms with Crippen LogP contribution in [0.25, 0.3) is 0 Å². The van der Waals surface area contributed by atoms with E-state index in [9.17, 15) is 13.6 Å². The normalized spacial score (nSPS) is 10.0. The number of halogens is 2. The topological polar surface area (TPSA) is 26.3 Å². The van der Waals surface area contributed by atoms with Crippen molar-refractivity contribution in [2.24, 2.45) is 0 Å². The zero-order valence-electron chi connectivity index (χ0n) is 8.69. The first-order valence-corrected chi connectivity index (χ1v) is 4.87. The van der Waals surface area contributed by atoms with Gasteiger partial charge in [0.2, 0.25) is 0 Å². The zero-order valence-corrected chi connectivity index (χ0v) is 8.69. The minimum atomic E-state index is -0.583. The van der Waals surface area contributed by atoms with Crippen molar-refractivity contribution < 1.29 is 18.3 Å². The third-order valence-corrected chi connectivity index (χ3v) is 2.13. The maximum absolute atomic E-state index is 13.4. The van der Waals surface area contributed by atoms with Crippen LogP contribution in [-0.2, 0) is 0 Å². The molecule has 0 aliphatic rings. The number of carbonyl (C=O) groups is 1. The quantitative estimate of drug-likeness (QED) is 0.759. The van der Waals surface area contributed by atoms with E-state index in [-0.39, 0.29) is 5.75 Å².